The first-order valence-electron chi connectivity index (χ1n) is 8.69. The van der Waals surface area contributed by atoms with Crippen LogP contribution >= 0.6 is 0 Å². The Morgan fingerprint density at radius 2 is 1.58 bits per heavy atom. The SMILES string of the molecule is CCCC(C)(C)CC(C)(C)CC1CC(CC)CC1C. The van der Waals surface area contributed by atoms with Crippen LogP contribution in [0.15, 0.2) is 0 Å². The zero-order chi connectivity index (χ0) is 14.7. The van der Waals surface area contributed by atoms with Crippen molar-refractivity contribution in [1.82, 2.24) is 0 Å². The highest BCUT2D eigenvalue weighted by Crippen LogP contribution is 2.47. The average Bonchev–Trinajstić information content (AvgIpc) is 2.56. The van der Waals surface area contributed by atoms with Crippen LogP contribution in [-0.4, -0.2) is 0 Å². The molecule has 0 heterocycles. The number of hydrogen-bond acceptors (Lipinski definition) is 0. The minimum atomic E-state index is 0.514. The maximum atomic E-state index is 2.51. The van der Waals surface area contributed by atoms with Gasteiger partial charge in [0.15, 0.2) is 0 Å². The van der Waals surface area contributed by atoms with Crippen molar-refractivity contribution in [1.29, 1.82) is 0 Å². The molecule has 3 unspecified atom stereocenters. The van der Waals surface area contributed by atoms with Gasteiger partial charge in [-0.15, -0.1) is 0 Å². The summed E-state index contributed by atoms with van der Waals surface area (Å²) in [6.45, 7) is 17.1. The predicted octanol–water partition coefficient (Wildman–Crippen LogP) is 6.69. The highest BCUT2D eigenvalue weighted by Gasteiger charge is 2.36. The maximum absolute atomic E-state index is 2.51. The third-order valence-electron chi connectivity index (χ3n) is 5.42. The molecular weight excluding hydrogens is 228 g/mol. The van der Waals surface area contributed by atoms with Gasteiger partial charge in [0.2, 0.25) is 0 Å². The molecule has 0 N–H and O–H groups in total. The number of hydrogen-bond donors (Lipinski definition) is 0. The molecule has 0 radical (unpaired) electrons. The van der Waals surface area contributed by atoms with Crippen molar-refractivity contribution in [2.24, 2.45) is 28.6 Å². The van der Waals surface area contributed by atoms with Gasteiger partial charge in [0.05, 0.1) is 0 Å². The summed E-state index contributed by atoms with van der Waals surface area (Å²) in [6, 6.07) is 0. The van der Waals surface area contributed by atoms with Crippen LogP contribution in [0.1, 0.15) is 93.4 Å². The van der Waals surface area contributed by atoms with E-state index in [-0.39, 0.29) is 0 Å². The van der Waals surface area contributed by atoms with Crippen molar-refractivity contribution >= 4 is 0 Å². The summed E-state index contributed by atoms with van der Waals surface area (Å²) in [4.78, 5) is 0. The van der Waals surface area contributed by atoms with E-state index in [2.05, 4.69) is 48.5 Å². The summed E-state index contributed by atoms with van der Waals surface area (Å²) in [7, 11) is 0. The second kappa shape index (κ2) is 6.64. The molecule has 0 amide bonds. The van der Waals surface area contributed by atoms with Crippen LogP contribution in [0.2, 0.25) is 0 Å². The monoisotopic (exact) mass is 266 g/mol. The molecule has 0 saturated heterocycles. The van der Waals surface area contributed by atoms with Gasteiger partial charge in [0, 0.05) is 0 Å². The van der Waals surface area contributed by atoms with Crippen molar-refractivity contribution < 1.29 is 0 Å². The standard InChI is InChI=1S/C19H38/c1-8-10-18(4,5)14-19(6,7)13-17-12-16(9-2)11-15(17)3/h15-17H,8-14H2,1-7H3. The fourth-order valence-corrected chi connectivity index (χ4v) is 4.94. The fraction of sp³-hybridized carbons (Fsp3) is 1.00. The van der Waals surface area contributed by atoms with Crippen molar-refractivity contribution in [3.63, 3.8) is 0 Å². The Bertz CT molecular complexity index is 261. The Morgan fingerprint density at radius 3 is 2.05 bits per heavy atom. The zero-order valence-corrected chi connectivity index (χ0v) is 14.7. The molecule has 19 heavy (non-hydrogen) atoms. The van der Waals surface area contributed by atoms with Crippen molar-refractivity contribution in [3.05, 3.63) is 0 Å². The second-order valence-electron chi connectivity index (χ2n) is 8.94. The highest BCUT2D eigenvalue weighted by atomic mass is 14.4. The molecule has 1 aliphatic carbocycles. The summed E-state index contributed by atoms with van der Waals surface area (Å²) in [6.07, 6.45) is 9.88. The lowest BCUT2D eigenvalue weighted by Crippen LogP contribution is -2.26. The topological polar surface area (TPSA) is 0 Å². The van der Waals surface area contributed by atoms with E-state index in [1.807, 2.05) is 0 Å². The average molecular weight is 267 g/mol. The Kier molecular flexibility index (Phi) is 5.96. The van der Waals surface area contributed by atoms with Crippen LogP contribution in [0.25, 0.3) is 0 Å². The Hall–Kier alpha value is 0. The van der Waals surface area contributed by atoms with E-state index in [4.69, 9.17) is 0 Å². The lowest BCUT2D eigenvalue weighted by Gasteiger charge is -2.37. The van der Waals surface area contributed by atoms with Gasteiger partial charge in [0.1, 0.15) is 0 Å². The first-order chi connectivity index (χ1) is 8.69. The van der Waals surface area contributed by atoms with Crippen LogP contribution < -0.4 is 0 Å². The third kappa shape index (κ3) is 5.48. The molecule has 0 aromatic carbocycles. The molecule has 1 rings (SSSR count). The van der Waals surface area contributed by atoms with Gasteiger partial charge in [-0.2, -0.15) is 0 Å². The van der Waals surface area contributed by atoms with E-state index in [0.29, 0.717) is 10.8 Å². The molecule has 0 aliphatic heterocycles. The molecule has 1 aliphatic rings. The summed E-state index contributed by atoms with van der Waals surface area (Å²) >= 11 is 0. The van der Waals surface area contributed by atoms with Gasteiger partial charge >= 0.3 is 0 Å². The predicted molar refractivity (Wildman–Crippen MR) is 87.4 cm³/mol. The molecule has 3 atom stereocenters. The van der Waals surface area contributed by atoms with Crippen LogP contribution in [-0.2, 0) is 0 Å². The van der Waals surface area contributed by atoms with Gasteiger partial charge in [0.25, 0.3) is 0 Å². The lowest BCUT2D eigenvalue weighted by atomic mass is 9.68. The Balaban J connectivity index is 2.54. The maximum Gasteiger partial charge on any atom is -0.0346 e. The van der Waals surface area contributed by atoms with Crippen molar-refractivity contribution in [2.45, 2.75) is 93.4 Å². The van der Waals surface area contributed by atoms with E-state index in [1.54, 1.807) is 0 Å². The normalized spacial score (nSPS) is 28.9. The third-order valence-corrected chi connectivity index (χ3v) is 5.42. The van der Waals surface area contributed by atoms with E-state index in [9.17, 15) is 0 Å². The molecule has 0 bridgehead atoms. The van der Waals surface area contributed by atoms with Crippen LogP contribution in [0.5, 0.6) is 0 Å². The Morgan fingerprint density at radius 1 is 0.947 bits per heavy atom. The minimum Gasteiger partial charge on any atom is -0.0654 e. The Labute approximate surface area is 122 Å². The molecule has 1 saturated carbocycles. The lowest BCUT2D eigenvalue weighted by molar-refractivity contribution is 0.138. The van der Waals surface area contributed by atoms with Gasteiger partial charge < -0.3 is 0 Å². The van der Waals surface area contributed by atoms with Gasteiger partial charge in [-0.25, -0.2) is 0 Å². The van der Waals surface area contributed by atoms with E-state index in [0.717, 1.165) is 17.8 Å². The smallest absolute Gasteiger partial charge is 0.0346 e. The first kappa shape index (κ1) is 17.1. The van der Waals surface area contributed by atoms with Crippen LogP contribution in [0, 0.1) is 28.6 Å². The molecule has 0 aromatic heterocycles. The van der Waals surface area contributed by atoms with Gasteiger partial charge in [-0.1, -0.05) is 61.3 Å². The summed E-state index contributed by atoms with van der Waals surface area (Å²) < 4.78 is 0. The van der Waals surface area contributed by atoms with E-state index >= 15 is 0 Å². The summed E-state index contributed by atoms with van der Waals surface area (Å²) in [5.74, 6) is 2.95. The first-order valence-corrected chi connectivity index (χ1v) is 8.69. The molecule has 114 valence electrons. The summed E-state index contributed by atoms with van der Waals surface area (Å²) in [5.41, 5.74) is 1.03. The minimum absolute atomic E-state index is 0.514. The fourth-order valence-electron chi connectivity index (χ4n) is 4.94. The van der Waals surface area contributed by atoms with Crippen LogP contribution in [0.3, 0.4) is 0 Å². The quantitative estimate of drug-likeness (QED) is 0.481. The van der Waals surface area contributed by atoms with E-state index in [1.165, 1.54) is 44.9 Å². The second-order valence-corrected chi connectivity index (χ2v) is 8.94. The largest absolute Gasteiger partial charge is 0.0654 e. The zero-order valence-electron chi connectivity index (χ0n) is 14.7. The number of rotatable bonds is 7. The molecule has 0 nitrogen and oxygen atoms in total. The molecule has 0 aromatic rings. The molecular formula is C19H38. The highest BCUT2D eigenvalue weighted by molar-refractivity contribution is 4.87. The van der Waals surface area contributed by atoms with Crippen LogP contribution in [0.4, 0.5) is 0 Å². The summed E-state index contributed by atoms with van der Waals surface area (Å²) in [5, 5.41) is 0. The van der Waals surface area contributed by atoms with Crippen molar-refractivity contribution in [2.75, 3.05) is 0 Å². The van der Waals surface area contributed by atoms with Gasteiger partial charge in [-0.05, 0) is 60.7 Å². The molecule has 1 fully saturated rings. The molecule has 0 spiro atoms. The van der Waals surface area contributed by atoms with Gasteiger partial charge in [-0.3, -0.25) is 0 Å². The van der Waals surface area contributed by atoms with Crippen molar-refractivity contribution in [3.8, 4) is 0 Å². The van der Waals surface area contributed by atoms with E-state index < -0.39 is 0 Å². The molecule has 0 heteroatoms.